The van der Waals surface area contributed by atoms with Crippen molar-refractivity contribution in [3.05, 3.63) is 63.0 Å². The third-order valence-corrected chi connectivity index (χ3v) is 4.71. The second kappa shape index (κ2) is 8.82. The highest BCUT2D eigenvalue weighted by atomic mass is 79.9. The normalized spacial score (nSPS) is 12.1. The molecule has 1 atom stereocenters. The fraction of sp³-hybridized carbons (Fsp3) is 0.294. The van der Waals surface area contributed by atoms with E-state index in [0.29, 0.717) is 18.4 Å². The smallest absolute Gasteiger partial charge is 0.120 e. The molecular formula is C17H17Br2ClO. The summed E-state index contributed by atoms with van der Waals surface area (Å²) in [5.74, 6) is 1.97. The maximum Gasteiger partial charge on any atom is 0.120 e. The van der Waals surface area contributed by atoms with Gasteiger partial charge in [0.15, 0.2) is 0 Å². The summed E-state index contributed by atoms with van der Waals surface area (Å²) in [4.78, 5) is 0. The van der Waals surface area contributed by atoms with Gasteiger partial charge in [-0.2, -0.15) is 0 Å². The third kappa shape index (κ3) is 6.01. The summed E-state index contributed by atoms with van der Waals surface area (Å²) in [6.07, 6.45) is 1.94. The molecule has 21 heavy (non-hydrogen) atoms. The van der Waals surface area contributed by atoms with Crippen LogP contribution in [0.1, 0.15) is 12.0 Å². The second-order valence-electron chi connectivity index (χ2n) is 4.95. The van der Waals surface area contributed by atoms with E-state index in [2.05, 4.69) is 56.1 Å². The lowest BCUT2D eigenvalue weighted by Gasteiger charge is -2.15. The van der Waals surface area contributed by atoms with Crippen molar-refractivity contribution in [1.29, 1.82) is 0 Å². The number of benzene rings is 2. The van der Waals surface area contributed by atoms with E-state index in [1.807, 2.05) is 24.3 Å². The zero-order valence-electron chi connectivity index (χ0n) is 11.6. The Morgan fingerprint density at radius 2 is 1.76 bits per heavy atom. The summed E-state index contributed by atoms with van der Waals surface area (Å²) in [7, 11) is 0. The number of rotatable bonds is 7. The molecule has 112 valence electrons. The average molecular weight is 433 g/mol. The zero-order chi connectivity index (χ0) is 15.1. The molecule has 0 heterocycles. The summed E-state index contributed by atoms with van der Waals surface area (Å²) in [6.45, 7) is 0.685. The molecule has 0 bridgehead atoms. The molecule has 0 aromatic heterocycles. The second-order valence-corrected chi connectivity index (χ2v) is 7.09. The van der Waals surface area contributed by atoms with Crippen molar-refractivity contribution in [2.24, 2.45) is 5.92 Å². The molecule has 2 rings (SSSR count). The molecule has 0 radical (unpaired) electrons. The van der Waals surface area contributed by atoms with E-state index in [1.54, 1.807) is 0 Å². The van der Waals surface area contributed by atoms with Crippen molar-refractivity contribution in [1.82, 2.24) is 0 Å². The van der Waals surface area contributed by atoms with Gasteiger partial charge in [-0.05, 0) is 54.7 Å². The minimum atomic E-state index is 0.431. The van der Waals surface area contributed by atoms with Gasteiger partial charge >= 0.3 is 0 Å². The van der Waals surface area contributed by atoms with Crippen LogP contribution in [0.25, 0.3) is 0 Å². The van der Waals surface area contributed by atoms with Gasteiger partial charge in [-0.3, -0.25) is 0 Å². The van der Waals surface area contributed by atoms with Crippen molar-refractivity contribution in [3.63, 3.8) is 0 Å². The van der Waals surface area contributed by atoms with Crippen LogP contribution in [0, 0.1) is 5.92 Å². The minimum absolute atomic E-state index is 0.431. The van der Waals surface area contributed by atoms with Crippen LogP contribution in [-0.4, -0.2) is 12.5 Å². The first-order valence-electron chi connectivity index (χ1n) is 6.86. The lowest BCUT2D eigenvalue weighted by molar-refractivity contribution is 0.284. The van der Waals surface area contributed by atoms with Gasteiger partial charge in [-0.25, -0.2) is 0 Å². The molecule has 0 aliphatic heterocycles. The molecule has 0 amide bonds. The van der Waals surface area contributed by atoms with Crippen LogP contribution in [-0.2, 0) is 6.42 Å². The highest BCUT2D eigenvalue weighted by molar-refractivity contribution is 9.10. The van der Waals surface area contributed by atoms with E-state index < -0.39 is 0 Å². The summed E-state index contributed by atoms with van der Waals surface area (Å²) in [5, 5.41) is 0. The first-order valence-corrected chi connectivity index (χ1v) is 8.98. The highest BCUT2D eigenvalue weighted by Crippen LogP contribution is 2.20. The molecule has 0 saturated heterocycles. The SMILES string of the molecule is ClCC(CCOc1cccc(Br)c1)Cc1ccc(Br)cc1. The van der Waals surface area contributed by atoms with Gasteiger partial charge in [-0.15, -0.1) is 11.6 Å². The average Bonchev–Trinajstić information content (AvgIpc) is 2.48. The van der Waals surface area contributed by atoms with E-state index in [1.165, 1.54) is 5.56 Å². The van der Waals surface area contributed by atoms with Crippen LogP contribution < -0.4 is 4.74 Å². The molecule has 1 nitrogen and oxygen atoms in total. The highest BCUT2D eigenvalue weighted by Gasteiger charge is 2.09. The molecule has 1 unspecified atom stereocenters. The van der Waals surface area contributed by atoms with E-state index >= 15 is 0 Å². The van der Waals surface area contributed by atoms with Gasteiger partial charge in [0.25, 0.3) is 0 Å². The quantitative estimate of drug-likeness (QED) is 0.482. The van der Waals surface area contributed by atoms with Crippen molar-refractivity contribution in [2.45, 2.75) is 12.8 Å². The lowest BCUT2D eigenvalue weighted by atomic mass is 9.98. The maximum atomic E-state index is 6.08. The number of hydrogen-bond acceptors (Lipinski definition) is 1. The Bertz CT molecular complexity index is 557. The van der Waals surface area contributed by atoms with Crippen molar-refractivity contribution in [3.8, 4) is 5.75 Å². The van der Waals surface area contributed by atoms with E-state index in [4.69, 9.17) is 16.3 Å². The molecule has 0 N–H and O–H groups in total. The summed E-state index contributed by atoms with van der Waals surface area (Å²) >= 11 is 13.0. The van der Waals surface area contributed by atoms with Crippen LogP contribution in [0.3, 0.4) is 0 Å². The van der Waals surface area contributed by atoms with Gasteiger partial charge in [0.2, 0.25) is 0 Å². The molecule has 0 aliphatic carbocycles. The molecule has 0 fully saturated rings. The molecular weight excluding hydrogens is 415 g/mol. The maximum absolute atomic E-state index is 6.08. The molecule has 0 spiro atoms. The first-order chi connectivity index (χ1) is 10.2. The van der Waals surface area contributed by atoms with Crippen LogP contribution in [0.15, 0.2) is 57.5 Å². The van der Waals surface area contributed by atoms with Crippen LogP contribution in [0.5, 0.6) is 5.75 Å². The standard InChI is InChI=1S/C17H17Br2ClO/c18-15-6-4-13(5-7-15)10-14(12-20)8-9-21-17-3-1-2-16(19)11-17/h1-7,11,14H,8-10,12H2. The Balaban J connectivity index is 1.81. The lowest BCUT2D eigenvalue weighted by Crippen LogP contribution is -2.11. The van der Waals surface area contributed by atoms with E-state index in [9.17, 15) is 0 Å². The molecule has 2 aromatic rings. The minimum Gasteiger partial charge on any atom is -0.494 e. The Morgan fingerprint density at radius 1 is 1.00 bits per heavy atom. The van der Waals surface area contributed by atoms with Crippen LogP contribution in [0.4, 0.5) is 0 Å². The fourth-order valence-electron chi connectivity index (χ4n) is 2.09. The molecule has 0 saturated carbocycles. The van der Waals surface area contributed by atoms with Gasteiger partial charge in [0.1, 0.15) is 5.75 Å². The van der Waals surface area contributed by atoms with Gasteiger partial charge in [0, 0.05) is 14.8 Å². The van der Waals surface area contributed by atoms with E-state index in [-0.39, 0.29) is 0 Å². The third-order valence-electron chi connectivity index (χ3n) is 3.25. The van der Waals surface area contributed by atoms with Crippen molar-refractivity contribution >= 4 is 43.5 Å². The summed E-state index contributed by atoms with van der Waals surface area (Å²) < 4.78 is 7.91. The summed E-state index contributed by atoms with van der Waals surface area (Å²) in [5.41, 5.74) is 1.31. The van der Waals surface area contributed by atoms with Gasteiger partial charge in [0.05, 0.1) is 6.61 Å². The Kier molecular flexibility index (Phi) is 7.08. The Hall–Kier alpha value is -0.510. The van der Waals surface area contributed by atoms with Gasteiger partial charge in [-0.1, -0.05) is 50.1 Å². The first kappa shape index (κ1) is 16.9. The zero-order valence-corrected chi connectivity index (χ0v) is 15.5. The number of ether oxygens (including phenoxy) is 1. The molecule has 4 heteroatoms. The predicted molar refractivity (Wildman–Crippen MR) is 96.3 cm³/mol. The number of halogens is 3. The Labute approximate surface area is 147 Å². The largest absolute Gasteiger partial charge is 0.494 e. The van der Waals surface area contributed by atoms with Crippen LogP contribution >= 0.6 is 43.5 Å². The molecule has 0 aliphatic rings. The van der Waals surface area contributed by atoms with Gasteiger partial charge < -0.3 is 4.74 Å². The number of hydrogen-bond donors (Lipinski definition) is 0. The summed E-state index contributed by atoms with van der Waals surface area (Å²) in [6, 6.07) is 16.3. The number of alkyl halides is 1. The predicted octanol–water partition coefficient (Wildman–Crippen LogP) is 6.08. The van der Waals surface area contributed by atoms with Crippen molar-refractivity contribution in [2.75, 3.05) is 12.5 Å². The molecule has 2 aromatic carbocycles. The monoisotopic (exact) mass is 430 g/mol. The van der Waals surface area contributed by atoms with E-state index in [0.717, 1.165) is 27.5 Å². The van der Waals surface area contributed by atoms with Crippen LogP contribution in [0.2, 0.25) is 0 Å². The van der Waals surface area contributed by atoms with Crippen molar-refractivity contribution < 1.29 is 4.74 Å². The topological polar surface area (TPSA) is 9.23 Å². The Morgan fingerprint density at radius 3 is 2.43 bits per heavy atom. The fourth-order valence-corrected chi connectivity index (χ4v) is 2.99.